The number of aryl methyl sites for hydroxylation is 1. The molecule has 0 fully saturated rings. The lowest BCUT2D eigenvalue weighted by molar-refractivity contribution is -0.137. The molecule has 0 spiro atoms. The highest BCUT2D eigenvalue weighted by Crippen LogP contribution is 2.21. The third-order valence-corrected chi connectivity index (χ3v) is 2.43. The third-order valence-electron chi connectivity index (χ3n) is 2.43. The number of carbonyl (C=O) groups excluding carboxylic acids is 1. The zero-order valence-electron chi connectivity index (χ0n) is 10.7. The van der Waals surface area contributed by atoms with Crippen molar-refractivity contribution in [1.82, 2.24) is 4.57 Å². The molecule has 4 nitrogen and oxygen atoms in total. The van der Waals surface area contributed by atoms with E-state index < -0.39 is 18.6 Å². The van der Waals surface area contributed by atoms with Gasteiger partial charge in [-0.05, 0) is 18.9 Å². The summed E-state index contributed by atoms with van der Waals surface area (Å²) in [5.41, 5.74) is 6.28. The van der Waals surface area contributed by atoms with Gasteiger partial charge in [0, 0.05) is 19.2 Å². The number of nitrogens with two attached hydrogens (primary N) is 1. The molecule has 0 aliphatic rings. The van der Waals surface area contributed by atoms with Gasteiger partial charge < -0.3 is 15.0 Å². The van der Waals surface area contributed by atoms with Crippen molar-refractivity contribution in [1.29, 1.82) is 0 Å². The molecule has 1 rings (SSSR count). The molecule has 0 aromatic carbocycles. The van der Waals surface area contributed by atoms with Gasteiger partial charge in [0.05, 0.1) is 12.3 Å². The third kappa shape index (κ3) is 5.23. The number of ether oxygens (including phenoxy) is 1. The quantitative estimate of drug-likeness (QED) is 0.643. The number of aromatic nitrogens is 1. The standard InChI is InChI=1S/C12H17F3N2O2/c1-2-5-17-8-9(16)7-10(17)11(18)19-6-3-4-12(13,14)15/h7-8H,2-6,16H2,1H3. The van der Waals surface area contributed by atoms with Crippen molar-refractivity contribution in [3.8, 4) is 0 Å². The monoisotopic (exact) mass is 278 g/mol. The maximum absolute atomic E-state index is 11.9. The number of hydrogen-bond acceptors (Lipinski definition) is 3. The van der Waals surface area contributed by atoms with Crippen LogP contribution in [-0.4, -0.2) is 23.3 Å². The van der Waals surface area contributed by atoms with Gasteiger partial charge in [-0.2, -0.15) is 13.2 Å². The van der Waals surface area contributed by atoms with Crippen LogP contribution in [0.4, 0.5) is 18.9 Å². The lowest BCUT2D eigenvalue weighted by Gasteiger charge is -2.09. The van der Waals surface area contributed by atoms with E-state index in [2.05, 4.69) is 0 Å². The lowest BCUT2D eigenvalue weighted by atomic mass is 10.3. The summed E-state index contributed by atoms with van der Waals surface area (Å²) >= 11 is 0. The Bertz CT molecular complexity index is 427. The van der Waals surface area contributed by atoms with Crippen LogP contribution in [0.25, 0.3) is 0 Å². The second kappa shape index (κ2) is 6.49. The number of carbonyl (C=O) groups is 1. The molecule has 1 aromatic heterocycles. The molecule has 2 N–H and O–H groups in total. The summed E-state index contributed by atoms with van der Waals surface area (Å²) in [5, 5.41) is 0. The van der Waals surface area contributed by atoms with E-state index in [1.165, 1.54) is 6.07 Å². The van der Waals surface area contributed by atoms with Crippen LogP contribution in [0.5, 0.6) is 0 Å². The van der Waals surface area contributed by atoms with Gasteiger partial charge in [0.15, 0.2) is 0 Å². The van der Waals surface area contributed by atoms with Crippen molar-refractivity contribution in [3.63, 3.8) is 0 Å². The van der Waals surface area contributed by atoms with E-state index in [4.69, 9.17) is 10.5 Å². The second-order valence-electron chi connectivity index (χ2n) is 4.21. The van der Waals surface area contributed by atoms with Crippen molar-refractivity contribution in [2.75, 3.05) is 12.3 Å². The molecule has 7 heteroatoms. The fraction of sp³-hybridized carbons (Fsp3) is 0.583. The number of halogens is 3. The zero-order valence-corrected chi connectivity index (χ0v) is 10.7. The molecule has 108 valence electrons. The van der Waals surface area contributed by atoms with E-state index >= 15 is 0 Å². The normalized spacial score (nSPS) is 11.6. The molecule has 0 aliphatic heterocycles. The van der Waals surface area contributed by atoms with Gasteiger partial charge in [-0.3, -0.25) is 0 Å². The van der Waals surface area contributed by atoms with Crippen molar-refractivity contribution in [2.24, 2.45) is 0 Å². The SMILES string of the molecule is CCCn1cc(N)cc1C(=O)OCCCC(F)(F)F. The topological polar surface area (TPSA) is 57.2 Å². The molecule has 0 aliphatic carbocycles. The van der Waals surface area contributed by atoms with Gasteiger partial charge in [-0.15, -0.1) is 0 Å². The van der Waals surface area contributed by atoms with E-state index in [0.29, 0.717) is 12.2 Å². The molecule has 0 unspecified atom stereocenters. The van der Waals surface area contributed by atoms with Gasteiger partial charge in [-0.1, -0.05) is 6.92 Å². The number of rotatable bonds is 6. The Morgan fingerprint density at radius 2 is 2.16 bits per heavy atom. The van der Waals surface area contributed by atoms with E-state index in [0.717, 1.165) is 6.42 Å². The van der Waals surface area contributed by atoms with E-state index in [-0.39, 0.29) is 18.7 Å². The predicted octanol–water partition coefficient (Wildman–Crippen LogP) is 2.98. The highest BCUT2D eigenvalue weighted by molar-refractivity contribution is 5.89. The fourth-order valence-corrected chi connectivity index (χ4v) is 1.64. The molecule has 0 amide bonds. The highest BCUT2D eigenvalue weighted by atomic mass is 19.4. The average molecular weight is 278 g/mol. The molecular formula is C12H17F3N2O2. The molecule has 0 saturated carbocycles. The number of anilines is 1. The summed E-state index contributed by atoms with van der Waals surface area (Å²) < 4.78 is 42.2. The minimum Gasteiger partial charge on any atom is -0.461 e. The molecule has 0 atom stereocenters. The van der Waals surface area contributed by atoms with Crippen LogP contribution in [0, 0.1) is 0 Å². The Labute approximate surface area is 109 Å². The maximum Gasteiger partial charge on any atom is 0.389 e. The largest absolute Gasteiger partial charge is 0.461 e. The number of hydrogen-bond donors (Lipinski definition) is 1. The summed E-state index contributed by atoms with van der Waals surface area (Å²) in [7, 11) is 0. The van der Waals surface area contributed by atoms with E-state index in [9.17, 15) is 18.0 Å². The van der Waals surface area contributed by atoms with E-state index in [1.807, 2.05) is 6.92 Å². The minimum absolute atomic E-state index is 0.237. The number of nitrogens with zero attached hydrogens (tertiary/aromatic N) is 1. The van der Waals surface area contributed by atoms with Gasteiger partial charge in [0.1, 0.15) is 5.69 Å². The summed E-state index contributed by atoms with van der Waals surface area (Å²) in [4.78, 5) is 11.7. The van der Waals surface area contributed by atoms with Crippen LogP contribution in [0.3, 0.4) is 0 Å². The first-order valence-electron chi connectivity index (χ1n) is 6.03. The first kappa shape index (κ1) is 15.4. The summed E-state index contributed by atoms with van der Waals surface area (Å²) in [6.45, 7) is 2.29. The van der Waals surface area contributed by atoms with Crippen molar-refractivity contribution < 1.29 is 22.7 Å². The van der Waals surface area contributed by atoms with Gasteiger partial charge >= 0.3 is 12.1 Å². The van der Waals surface area contributed by atoms with Crippen LogP contribution in [0.1, 0.15) is 36.7 Å². The van der Waals surface area contributed by atoms with Crippen LogP contribution >= 0.6 is 0 Å². The lowest BCUT2D eigenvalue weighted by Crippen LogP contribution is -2.14. The minimum atomic E-state index is -4.22. The van der Waals surface area contributed by atoms with Gasteiger partial charge in [0.25, 0.3) is 0 Å². The predicted molar refractivity (Wildman–Crippen MR) is 64.7 cm³/mol. The van der Waals surface area contributed by atoms with Crippen LogP contribution in [-0.2, 0) is 11.3 Å². The number of esters is 1. The molecule has 0 bridgehead atoms. The number of alkyl halides is 3. The van der Waals surface area contributed by atoms with Crippen molar-refractivity contribution in [2.45, 2.75) is 38.9 Å². The summed E-state index contributed by atoms with van der Waals surface area (Å²) in [5.74, 6) is -0.646. The smallest absolute Gasteiger partial charge is 0.389 e. The van der Waals surface area contributed by atoms with E-state index in [1.54, 1.807) is 10.8 Å². The Hall–Kier alpha value is -1.66. The average Bonchev–Trinajstić information content (AvgIpc) is 2.65. The number of nitrogen functional groups attached to an aromatic ring is 1. The maximum atomic E-state index is 11.9. The second-order valence-corrected chi connectivity index (χ2v) is 4.21. The molecule has 19 heavy (non-hydrogen) atoms. The summed E-state index contributed by atoms with van der Waals surface area (Å²) in [6.07, 6.45) is -3.00. The van der Waals surface area contributed by atoms with Crippen LogP contribution in [0.15, 0.2) is 12.3 Å². The highest BCUT2D eigenvalue weighted by Gasteiger charge is 2.26. The first-order chi connectivity index (χ1) is 8.83. The first-order valence-corrected chi connectivity index (χ1v) is 6.03. The zero-order chi connectivity index (χ0) is 14.5. The Kier molecular flexibility index (Phi) is 5.26. The molecule has 0 saturated heterocycles. The Morgan fingerprint density at radius 3 is 2.74 bits per heavy atom. The molecule has 1 aromatic rings. The fourth-order valence-electron chi connectivity index (χ4n) is 1.64. The molecule has 0 radical (unpaired) electrons. The Morgan fingerprint density at radius 1 is 1.47 bits per heavy atom. The van der Waals surface area contributed by atoms with Gasteiger partial charge in [-0.25, -0.2) is 4.79 Å². The summed E-state index contributed by atoms with van der Waals surface area (Å²) in [6, 6.07) is 1.46. The van der Waals surface area contributed by atoms with Crippen molar-refractivity contribution >= 4 is 11.7 Å². The molecule has 1 heterocycles. The van der Waals surface area contributed by atoms with Crippen LogP contribution < -0.4 is 5.73 Å². The van der Waals surface area contributed by atoms with Gasteiger partial charge in [0.2, 0.25) is 0 Å². The van der Waals surface area contributed by atoms with Crippen LogP contribution in [0.2, 0.25) is 0 Å². The Balaban J connectivity index is 2.49. The van der Waals surface area contributed by atoms with Crippen molar-refractivity contribution in [3.05, 3.63) is 18.0 Å². The molecular weight excluding hydrogens is 261 g/mol.